The molecule has 0 heterocycles. The Balaban J connectivity index is 2.81. The number of carbonyl (C=O) groups is 1. The summed E-state index contributed by atoms with van der Waals surface area (Å²) in [6, 6.07) is 4.39. The molecule has 1 amide bonds. The zero-order valence-corrected chi connectivity index (χ0v) is 8.22. The maximum absolute atomic E-state index is 11.0. The van der Waals surface area contributed by atoms with E-state index in [0.29, 0.717) is 5.69 Å². The molecule has 0 aliphatic rings. The molecule has 0 aliphatic heterocycles. The van der Waals surface area contributed by atoms with E-state index < -0.39 is 5.91 Å². The van der Waals surface area contributed by atoms with Gasteiger partial charge >= 0.3 is 0 Å². The van der Waals surface area contributed by atoms with Crippen LogP contribution in [0, 0.1) is 11.8 Å². The maximum Gasteiger partial charge on any atom is 0.300 e. The zero-order chi connectivity index (χ0) is 10.6. The zero-order valence-electron chi connectivity index (χ0n) is 7.47. The number of phenols is 1. The van der Waals surface area contributed by atoms with Gasteiger partial charge in [0.15, 0.2) is 0 Å². The van der Waals surface area contributed by atoms with Crippen molar-refractivity contribution in [1.82, 2.24) is 0 Å². The first kappa shape index (κ1) is 10.4. The first-order valence-electron chi connectivity index (χ1n) is 3.85. The van der Waals surface area contributed by atoms with E-state index >= 15 is 0 Å². The van der Waals surface area contributed by atoms with Crippen LogP contribution in [-0.4, -0.2) is 11.0 Å². The fourth-order valence-corrected chi connectivity index (χ4v) is 1.04. The van der Waals surface area contributed by atoms with Gasteiger partial charge in [-0.15, -0.1) is 0 Å². The molecule has 14 heavy (non-hydrogen) atoms. The predicted octanol–water partition coefficient (Wildman–Crippen LogP) is 2.01. The smallest absolute Gasteiger partial charge is 0.300 e. The summed E-state index contributed by atoms with van der Waals surface area (Å²) in [6.07, 6.45) is 0. The molecule has 0 unspecified atom stereocenters. The highest BCUT2D eigenvalue weighted by Crippen LogP contribution is 2.25. The molecule has 4 heteroatoms. The molecule has 0 spiro atoms. The highest BCUT2D eigenvalue weighted by molar-refractivity contribution is 6.32. The second kappa shape index (κ2) is 4.54. The first-order valence-corrected chi connectivity index (χ1v) is 4.23. The number of aromatic hydroxyl groups is 1. The molecule has 1 aromatic carbocycles. The van der Waals surface area contributed by atoms with E-state index in [1.165, 1.54) is 18.2 Å². The Labute approximate surface area is 86.7 Å². The van der Waals surface area contributed by atoms with Crippen LogP contribution < -0.4 is 5.32 Å². The topological polar surface area (TPSA) is 49.3 Å². The van der Waals surface area contributed by atoms with Gasteiger partial charge in [-0.2, -0.15) is 0 Å². The normalized spacial score (nSPS) is 8.71. The fraction of sp³-hybridized carbons (Fsp3) is 0.100. The van der Waals surface area contributed by atoms with Gasteiger partial charge in [-0.25, -0.2) is 0 Å². The third-order valence-electron chi connectivity index (χ3n) is 1.44. The number of rotatable bonds is 1. The van der Waals surface area contributed by atoms with Crippen molar-refractivity contribution in [2.45, 2.75) is 6.92 Å². The predicted molar refractivity (Wildman–Crippen MR) is 55.2 cm³/mol. The summed E-state index contributed by atoms with van der Waals surface area (Å²) >= 11 is 5.64. The number of hydrogen-bond donors (Lipinski definition) is 2. The Hall–Kier alpha value is -1.66. The molecule has 2 N–H and O–H groups in total. The molecule has 1 rings (SSSR count). The van der Waals surface area contributed by atoms with Crippen molar-refractivity contribution in [3.63, 3.8) is 0 Å². The van der Waals surface area contributed by atoms with E-state index in [1.807, 2.05) is 0 Å². The van der Waals surface area contributed by atoms with Crippen LogP contribution in [0.2, 0.25) is 5.02 Å². The lowest BCUT2D eigenvalue weighted by atomic mass is 10.3. The summed E-state index contributed by atoms with van der Waals surface area (Å²) in [5.41, 5.74) is 0.501. The monoisotopic (exact) mass is 209 g/mol. The molecule has 0 radical (unpaired) electrons. The first-order chi connectivity index (χ1) is 6.63. The van der Waals surface area contributed by atoms with Crippen molar-refractivity contribution in [3.05, 3.63) is 23.2 Å². The third kappa shape index (κ3) is 2.68. The SMILES string of the molecule is CC#CC(=O)Nc1ccc(O)c(Cl)c1. The number of phenolic OH excluding ortho intramolecular Hbond substituents is 1. The van der Waals surface area contributed by atoms with Crippen LogP contribution in [0.25, 0.3) is 0 Å². The van der Waals surface area contributed by atoms with Crippen molar-refractivity contribution in [1.29, 1.82) is 0 Å². The van der Waals surface area contributed by atoms with Gasteiger partial charge in [0.25, 0.3) is 5.91 Å². The van der Waals surface area contributed by atoms with E-state index in [4.69, 9.17) is 16.7 Å². The minimum atomic E-state index is -0.408. The van der Waals surface area contributed by atoms with E-state index in [9.17, 15) is 4.79 Å². The van der Waals surface area contributed by atoms with Gasteiger partial charge in [0.1, 0.15) is 5.75 Å². The molecular weight excluding hydrogens is 202 g/mol. The Morgan fingerprint density at radius 3 is 2.86 bits per heavy atom. The van der Waals surface area contributed by atoms with E-state index in [-0.39, 0.29) is 10.8 Å². The van der Waals surface area contributed by atoms with Crippen LogP contribution in [0.4, 0.5) is 5.69 Å². The van der Waals surface area contributed by atoms with Gasteiger partial charge in [0.2, 0.25) is 0 Å². The Morgan fingerprint density at radius 1 is 1.57 bits per heavy atom. The Bertz CT molecular complexity index is 418. The van der Waals surface area contributed by atoms with Gasteiger partial charge in [0.05, 0.1) is 5.02 Å². The number of amides is 1. The van der Waals surface area contributed by atoms with Crippen LogP contribution >= 0.6 is 11.6 Å². The largest absolute Gasteiger partial charge is 0.506 e. The lowest BCUT2D eigenvalue weighted by molar-refractivity contribution is -0.111. The van der Waals surface area contributed by atoms with E-state index in [2.05, 4.69) is 17.2 Å². The van der Waals surface area contributed by atoms with Crippen LogP contribution in [0.5, 0.6) is 5.75 Å². The second-order valence-electron chi connectivity index (χ2n) is 2.50. The average Bonchev–Trinajstić information content (AvgIpc) is 2.12. The molecule has 1 aromatic rings. The number of benzene rings is 1. The number of halogens is 1. The molecule has 0 aliphatic carbocycles. The van der Waals surface area contributed by atoms with Gasteiger partial charge in [0, 0.05) is 5.69 Å². The Morgan fingerprint density at radius 2 is 2.29 bits per heavy atom. The molecule has 0 aromatic heterocycles. The minimum Gasteiger partial charge on any atom is -0.506 e. The number of nitrogens with one attached hydrogen (secondary N) is 1. The van der Waals surface area contributed by atoms with Crippen LogP contribution in [0.15, 0.2) is 18.2 Å². The summed E-state index contributed by atoms with van der Waals surface area (Å²) in [5, 5.41) is 11.8. The molecular formula is C10H8ClNO2. The van der Waals surface area contributed by atoms with Crippen molar-refractivity contribution >= 4 is 23.2 Å². The molecule has 0 saturated heterocycles. The highest BCUT2D eigenvalue weighted by atomic mass is 35.5. The number of hydrogen-bond acceptors (Lipinski definition) is 2. The summed E-state index contributed by atoms with van der Waals surface area (Å²) in [5.74, 6) is 4.36. The van der Waals surface area contributed by atoms with Crippen molar-refractivity contribution in [2.24, 2.45) is 0 Å². The lowest BCUT2D eigenvalue weighted by Gasteiger charge is -2.02. The molecule has 0 saturated carbocycles. The van der Waals surface area contributed by atoms with Gasteiger partial charge in [-0.3, -0.25) is 4.79 Å². The highest BCUT2D eigenvalue weighted by Gasteiger charge is 2.01. The molecule has 0 fully saturated rings. The maximum atomic E-state index is 11.0. The van der Waals surface area contributed by atoms with Crippen LogP contribution in [0.1, 0.15) is 6.92 Å². The lowest BCUT2D eigenvalue weighted by Crippen LogP contribution is -2.07. The van der Waals surface area contributed by atoms with Crippen molar-refractivity contribution in [3.8, 4) is 17.6 Å². The quantitative estimate of drug-likeness (QED) is 0.549. The molecule has 0 atom stereocenters. The standard InChI is InChI=1S/C10H8ClNO2/c1-2-3-10(14)12-7-4-5-9(13)8(11)6-7/h4-6,13H,1H3,(H,12,14). The number of carbonyl (C=O) groups excluding carboxylic acids is 1. The number of anilines is 1. The molecule has 0 bridgehead atoms. The molecule has 3 nitrogen and oxygen atoms in total. The molecule has 72 valence electrons. The van der Waals surface area contributed by atoms with Crippen molar-refractivity contribution < 1.29 is 9.90 Å². The van der Waals surface area contributed by atoms with Crippen LogP contribution in [0.3, 0.4) is 0 Å². The van der Waals surface area contributed by atoms with Crippen molar-refractivity contribution in [2.75, 3.05) is 5.32 Å². The van der Waals surface area contributed by atoms with E-state index in [1.54, 1.807) is 6.92 Å². The summed E-state index contributed by atoms with van der Waals surface area (Å²) in [6.45, 7) is 1.57. The van der Waals surface area contributed by atoms with Gasteiger partial charge in [-0.05, 0) is 31.0 Å². The van der Waals surface area contributed by atoms with Gasteiger partial charge < -0.3 is 10.4 Å². The summed E-state index contributed by atoms with van der Waals surface area (Å²) in [7, 11) is 0. The summed E-state index contributed by atoms with van der Waals surface area (Å²) < 4.78 is 0. The average molecular weight is 210 g/mol. The van der Waals surface area contributed by atoms with Crippen LogP contribution in [-0.2, 0) is 4.79 Å². The van der Waals surface area contributed by atoms with E-state index in [0.717, 1.165) is 0 Å². The Kier molecular flexibility index (Phi) is 3.38. The summed E-state index contributed by atoms with van der Waals surface area (Å²) in [4.78, 5) is 11.0. The minimum absolute atomic E-state index is 0.0220. The second-order valence-corrected chi connectivity index (χ2v) is 2.90. The fourth-order valence-electron chi connectivity index (χ4n) is 0.861. The third-order valence-corrected chi connectivity index (χ3v) is 1.75. The van der Waals surface area contributed by atoms with Gasteiger partial charge in [-0.1, -0.05) is 17.5 Å².